The lowest BCUT2D eigenvalue weighted by atomic mass is 10.2. The number of thioether (sulfide) groups is 1. The summed E-state index contributed by atoms with van der Waals surface area (Å²) < 4.78 is 1.93. The van der Waals surface area contributed by atoms with Crippen LogP contribution in [-0.4, -0.2) is 26.7 Å². The molecular weight excluding hydrogens is 232 g/mol. The maximum atomic E-state index is 4.65. The van der Waals surface area contributed by atoms with Crippen LogP contribution < -0.4 is 5.32 Å². The lowest BCUT2D eigenvalue weighted by Crippen LogP contribution is -2.35. The van der Waals surface area contributed by atoms with E-state index in [2.05, 4.69) is 29.3 Å². The first-order chi connectivity index (χ1) is 8.08. The van der Waals surface area contributed by atoms with Crippen LogP contribution in [0.2, 0.25) is 0 Å². The van der Waals surface area contributed by atoms with Gasteiger partial charge in [-0.05, 0) is 27.2 Å². The number of aromatic nitrogens is 2. The fraction of sp³-hybridized carbons (Fsp3) is 0.667. The third kappa shape index (κ3) is 2.83. The van der Waals surface area contributed by atoms with Gasteiger partial charge in [-0.15, -0.1) is 0 Å². The largest absolute Gasteiger partial charge is 0.362 e. The van der Waals surface area contributed by atoms with Gasteiger partial charge in [-0.25, -0.2) is 0 Å². The first kappa shape index (κ1) is 12.5. The van der Waals surface area contributed by atoms with Gasteiger partial charge in [0.25, 0.3) is 0 Å². The van der Waals surface area contributed by atoms with Crippen LogP contribution in [0, 0.1) is 13.8 Å². The normalized spacial score (nSPS) is 22.8. The molecule has 0 amide bonds. The van der Waals surface area contributed by atoms with Crippen LogP contribution in [0.1, 0.15) is 30.3 Å². The maximum Gasteiger partial charge on any atom is 0.157 e. The highest BCUT2D eigenvalue weighted by Gasteiger charge is 2.14. The summed E-state index contributed by atoms with van der Waals surface area (Å²) in [5, 5.41) is 8.90. The molecule has 94 valence electrons. The fourth-order valence-electron chi connectivity index (χ4n) is 1.95. The summed E-state index contributed by atoms with van der Waals surface area (Å²) in [6.45, 7) is 7.08. The van der Waals surface area contributed by atoms with E-state index in [9.17, 15) is 0 Å². The second kappa shape index (κ2) is 5.12. The predicted octanol–water partition coefficient (Wildman–Crippen LogP) is 2.01. The average molecular weight is 252 g/mol. The Morgan fingerprint density at radius 3 is 2.88 bits per heavy atom. The Labute approximate surface area is 107 Å². The van der Waals surface area contributed by atoms with Crippen LogP contribution in [0.25, 0.3) is 0 Å². The van der Waals surface area contributed by atoms with Crippen molar-refractivity contribution in [3.05, 3.63) is 17.0 Å². The molecule has 1 aliphatic rings. The Morgan fingerprint density at radius 2 is 2.29 bits per heavy atom. The molecule has 2 rings (SSSR count). The molecule has 0 spiro atoms. The van der Waals surface area contributed by atoms with Crippen molar-refractivity contribution in [2.75, 3.05) is 5.75 Å². The topological polar surface area (TPSA) is 42.2 Å². The molecule has 1 N–H and O–H groups in total. The highest BCUT2D eigenvalue weighted by molar-refractivity contribution is 8.13. The van der Waals surface area contributed by atoms with E-state index in [1.165, 1.54) is 17.7 Å². The third-order valence-electron chi connectivity index (χ3n) is 3.20. The number of nitrogens with zero attached hydrogens (tertiary/aromatic N) is 3. The molecule has 1 unspecified atom stereocenters. The van der Waals surface area contributed by atoms with Crippen molar-refractivity contribution in [2.24, 2.45) is 12.0 Å². The van der Waals surface area contributed by atoms with Crippen molar-refractivity contribution in [3.63, 3.8) is 0 Å². The quantitative estimate of drug-likeness (QED) is 0.875. The van der Waals surface area contributed by atoms with Gasteiger partial charge in [-0.2, -0.15) is 5.10 Å². The molecule has 1 aromatic heterocycles. The Hall–Kier alpha value is -0.970. The monoisotopic (exact) mass is 252 g/mol. The van der Waals surface area contributed by atoms with Gasteiger partial charge >= 0.3 is 0 Å². The molecule has 1 saturated heterocycles. The Morgan fingerprint density at radius 1 is 1.53 bits per heavy atom. The zero-order chi connectivity index (χ0) is 12.4. The molecule has 5 heteroatoms. The number of nitrogens with one attached hydrogen (secondary N) is 1. The van der Waals surface area contributed by atoms with E-state index >= 15 is 0 Å². The van der Waals surface area contributed by atoms with Crippen molar-refractivity contribution < 1.29 is 0 Å². The van der Waals surface area contributed by atoms with Gasteiger partial charge in [-0.3, -0.25) is 9.67 Å². The molecule has 0 aromatic carbocycles. The first-order valence-electron chi connectivity index (χ1n) is 6.00. The standard InChI is InChI=1S/C12H20N4S/c1-8-5-6-17-12(14-8)13-7-11-9(2)15-16(4)10(11)3/h8H,5-7H2,1-4H3,(H,13,14). The van der Waals surface area contributed by atoms with Gasteiger partial charge in [0, 0.05) is 30.1 Å². The highest BCUT2D eigenvalue weighted by atomic mass is 32.2. The van der Waals surface area contributed by atoms with E-state index in [1.54, 1.807) is 0 Å². The smallest absolute Gasteiger partial charge is 0.157 e. The predicted molar refractivity (Wildman–Crippen MR) is 73.5 cm³/mol. The molecule has 17 heavy (non-hydrogen) atoms. The van der Waals surface area contributed by atoms with Crippen molar-refractivity contribution in [2.45, 2.75) is 39.8 Å². The number of rotatable bonds is 2. The van der Waals surface area contributed by atoms with E-state index in [0.717, 1.165) is 23.2 Å². The summed E-state index contributed by atoms with van der Waals surface area (Å²) in [4.78, 5) is 4.65. The first-order valence-corrected chi connectivity index (χ1v) is 6.99. The van der Waals surface area contributed by atoms with Crippen LogP contribution in [0.4, 0.5) is 0 Å². The second-order valence-corrected chi connectivity index (χ2v) is 5.66. The van der Waals surface area contributed by atoms with Crippen LogP contribution in [0.15, 0.2) is 4.99 Å². The van der Waals surface area contributed by atoms with E-state index < -0.39 is 0 Å². The molecule has 0 radical (unpaired) electrons. The SMILES string of the molecule is Cc1nn(C)c(C)c1CN=C1NC(C)CCS1. The van der Waals surface area contributed by atoms with Crippen LogP contribution in [0.5, 0.6) is 0 Å². The van der Waals surface area contributed by atoms with Crippen LogP contribution >= 0.6 is 11.8 Å². The summed E-state index contributed by atoms with van der Waals surface area (Å²) >= 11 is 1.82. The number of amidine groups is 1. The van der Waals surface area contributed by atoms with E-state index in [-0.39, 0.29) is 0 Å². The molecule has 0 saturated carbocycles. The van der Waals surface area contributed by atoms with E-state index in [0.29, 0.717) is 6.04 Å². The molecule has 4 nitrogen and oxygen atoms in total. The molecule has 1 atom stereocenters. The summed E-state index contributed by atoms with van der Waals surface area (Å²) in [6, 6.07) is 0.547. The van der Waals surface area contributed by atoms with Crippen molar-refractivity contribution in [1.29, 1.82) is 0 Å². The van der Waals surface area contributed by atoms with Crippen molar-refractivity contribution in [3.8, 4) is 0 Å². The lowest BCUT2D eigenvalue weighted by Gasteiger charge is -2.21. The minimum atomic E-state index is 0.547. The van der Waals surface area contributed by atoms with Gasteiger partial charge in [0.2, 0.25) is 0 Å². The van der Waals surface area contributed by atoms with Crippen LogP contribution in [-0.2, 0) is 13.6 Å². The lowest BCUT2D eigenvalue weighted by molar-refractivity contribution is 0.642. The maximum absolute atomic E-state index is 4.65. The Bertz CT molecular complexity index is 436. The molecule has 0 aliphatic carbocycles. The zero-order valence-corrected chi connectivity index (χ0v) is 11.8. The molecule has 2 heterocycles. The number of hydrogen-bond donors (Lipinski definition) is 1. The van der Waals surface area contributed by atoms with Crippen LogP contribution in [0.3, 0.4) is 0 Å². The molecule has 1 fully saturated rings. The van der Waals surface area contributed by atoms with E-state index in [1.807, 2.05) is 30.4 Å². The van der Waals surface area contributed by atoms with Gasteiger partial charge in [0.1, 0.15) is 0 Å². The molecule has 0 bridgehead atoms. The minimum Gasteiger partial charge on any atom is -0.362 e. The summed E-state index contributed by atoms with van der Waals surface area (Å²) in [5.74, 6) is 1.16. The number of hydrogen-bond acceptors (Lipinski definition) is 3. The van der Waals surface area contributed by atoms with Gasteiger partial charge < -0.3 is 5.32 Å². The highest BCUT2D eigenvalue weighted by Crippen LogP contribution is 2.17. The van der Waals surface area contributed by atoms with Crippen molar-refractivity contribution in [1.82, 2.24) is 15.1 Å². The Balaban J connectivity index is 2.08. The molecule has 1 aromatic rings. The van der Waals surface area contributed by atoms with Gasteiger partial charge in [0.05, 0.1) is 12.2 Å². The molecule has 1 aliphatic heterocycles. The number of aryl methyl sites for hydroxylation is 2. The van der Waals surface area contributed by atoms with Gasteiger partial charge in [0.15, 0.2) is 5.17 Å². The Kier molecular flexibility index (Phi) is 3.76. The van der Waals surface area contributed by atoms with E-state index in [4.69, 9.17) is 0 Å². The third-order valence-corrected chi connectivity index (χ3v) is 4.16. The minimum absolute atomic E-state index is 0.547. The zero-order valence-electron chi connectivity index (χ0n) is 10.9. The van der Waals surface area contributed by atoms with Gasteiger partial charge in [-0.1, -0.05) is 11.8 Å². The summed E-state index contributed by atoms with van der Waals surface area (Å²) in [6.07, 6.45) is 1.22. The second-order valence-electron chi connectivity index (χ2n) is 4.58. The van der Waals surface area contributed by atoms with Crippen molar-refractivity contribution >= 4 is 16.9 Å². The summed E-state index contributed by atoms with van der Waals surface area (Å²) in [5.41, 5.74) is 3.55. The fourth-order valence-corrected chi connectivity index (χ4v) is 3.05. The summed E-state index contributed by atoms with van der Waals surface area (Å²) in [7, 11) is 1.98. The molecular formula is C12H20N4S. The average Bonchev–Trinajstić information content (AvgIpc) is 2.51. The number of aliphatic imine (C=N–C) groups is 1.